The second-order valence-electron chi connectivity index (χ2n) is 6.31. The zero-order valence-electron chi connectivity index (χ0n) is 14.0. The summed E-state index contributed by atoms with van der Waals surface area (Å²) in [5, 5.41) is 19.2. The molecule has 2 atom stereocenters. The molecule has 2 rings (SSSR count). The summed E-state index contributed by atoms with van der Waals surface area (Å²) in [5.74, 6) is 0.170. The highest BCUT2D eigenvalue weighted by Crippen LogP contribution is 2.22. The molecule has 1 saturated heterocycles. The number of benzene rings is 1. The predicted molar refractivity (Wildman–Crippen MR) is 94.9 cm³/mol. The number of carbonyl (C=O) groups excluding carboxylic acids is 1. The highest BCUT2D eigenvalue weighted by atomic mass is 35.5. The van der Waals surface area contributed by atoms with E-state index in [1.54, 1.807) is 30.0 Å². The molecule has 5 nitrogen and oxygen atoms in total. The number of rotatable bonds is 6. The number of aliphatic hydroxyl groups is 1. The molecule has 0 radical (unpaired) electrons. The first-order chi connectivity index (χ1) is 11.5. The van der Waals surface area contributed by atoms with Crippen molar-refractivity contribution in [2.75, 3.05) is 31.1 Å². The number of nitrogens with zero attached hydrogens (tertiary/aromatic N) is 3. The van der Waals surface area contributed by atoms with E-state index in [4.69, 9.17) is 16.9 Å². The molecule has 0 saturated carbocycles. The normalized spacial score (nSPS) is 19.5. The second kappa shape index (κ2) is 9.03. The van der Waals surface area contributed by atoms with Crippen LogP contribution in [0.2, 0.25) is 5.02 Å². The third kappa shape index (κ3) is 5.20. The molecule has 1 heterocycles. The Morgan fingerprint density at radius 3 is 3.04 bits per heavy atom. The van der Waals surface area contributed by atoms with E-state index in [2.05, 4.69) is 11.0 Å². The largest absolute Gasteiger partial charge is 0.393 e. The molecule has 1 aromatic carbocycles. The number of hydrogen-bond donors (Lipinski definition) is 1. The maximum Gasteiger partial charge on any atom is 0.241 e. The molecule has 0 bridgehead atoms. The first-order valence-electron chi connectivity index (χ1n) is 8.34. The number of amides is 1. The Morgan fingerprint density at radius 2 is 2.38 bits per heavy atom. The first-order valence-corrected chi connectivity index (χ1v) is 8.72. The van der Waals surface area contributed by atoms with Gasteiger partial charge >= 0.3 is 0 Å². The maximum atomic E-state index is 12.8. The van der Waals surface area contributed by atoms with E-state index >= 15 is 0 Å². The quantitative estimate of drug-likeness (QED) is 0.857. The molecular weight excluding hydrogens is 326 g/mol. The minimum atomic E-state index is -0.356. The van der Waals surface area contributed by atoms with Gasteiger partial charge in [-0.3, -0.25) is 9.69 Å². The van der Waals surface area contributed by atoms with Crippen molar-refractivity contribution in [3.63, 3.8) is 0 Å². The van der Waals surface area contributed by atoms with E-state index in [9.17, 15) is 9.90 Å². The Morgan fingerprint density at radius 1 is 1.58 bits per heavy atom. The minimum absolute atomic E-state index is 0.0428. The van der Waals surface area contributed by atoms with Crippen LogP contribution in [0.15, 0.2) is 24.3 Å². The molecule has 0 spiro atoms. The molecule has 2 unspecified atom stereocenters. The standard InChI is InChI=1S/C18H24ClN3O2/c1-14(23)15-5-3-9-21(12-15)13-18(24)22(10-4-8-20)17-7-2-6-16(19)11-17/h2,6-7,11,14-15,23H,3-5,9-10,12-13H2,1H3. The van der Waals surface area contributed by atoms with Crippen molar-refractivity contribution < 1.29 is 9.90 Å². The number of anilines is 1. The summed E-state index contributed by atoms with van der Waals surface area (Å²) in [7, 11) is 0. The lowest BCUT2D eigenvalue weighted by molar-refractivity contribution is -0.120. The van der Waals surface area contributed by atoms with Gasteiger partial charge in [0.1, 0.15) is 0 Å². The third-order valence-corrected chi connectivity index (χ3v) is 4.69. The van der Waals surface area contributed by atoms with Crippen LogP contribution >= 0.6 is 11.6 Å². The number of hydrogen-bond acceptors (Lipinski definition) is 4. The first kappa shape index (κ1) is 18.7. The van der Waals surface area contributed by atoms with Crippen LogP contribution in [0, 0.1) is 17.2 Å². The highest BCUT2D eigenvalue weighted by molar-refractivity contribution is 6.30. The molecule has 1 aliphatic rings. The van der Waals surface area contributed by atoms with Crippen molar-refractivity contribution in [2.24, 2.45) is 5.92 Å². The van der Waals surface area contributed by atoms with Gasteiger partial charge in [-0.05, 0) is 50.4 Å². The summed E-state index contributed by atoms with van der Waals surface area (Å²) >= 11 is 6.03. The van der Waals surface area contributed by atoms with Crippen LogP contribution in [0.1, 0.15) is 26.2 Å². The summed E-state index contributed by atoms with van der Waals surface area (Å²) in [6.07, 6.45) is 1.90. The predicted octanol–water partition coefficient (Wildman–Crippen LogP) is 2.68. The summed E-state index contributed by atoms with van der Waals surface area (Å²) in [5.41, 5.74) is 0.715. The lowest BCUT2D eigenvalue weighted by Gasteiger charge is -2.35. The van der Waals surface area contributed by atoms with E-state index in [1.165, 1.54) is 0 Å². The van der Waals surface area contributed by atoms with Gasteiger partial charge in [-0.15, -0.1) is 0 Å². The fraction of sp³-hybridized carbons (Fsp3) is 0.556. The molecule has 130 valence electrons. The summed E-state index contributed by atoms with van der Waals surface area (Å²) < 4.78 is 0. The van der Waals surface area contributed by atoms with Crippen molar-refractivity contribution >= 4 is 23.2 Å². The van der Waals surface area contributed by atoms with Gasteiger partial charge in [0.25, 0.3) is 0 Å². The topological polar surface area (TPSA) is 67.6 Å². The van der Waals surface area contributed by atoms with E-state index in [0.717, 1.165) is 25.9 Å². The molecule has 0 aliphatic carbocycles. The number of halogens is 1. The minimum Gasteiger partial charge on any atom is -0.393 e. The number of aliphatic hydroxyl groups excluding tert-OH is 1. The van der Waals surface area contributed by atoms with Gasteiger partial charge in [0.2, 0.25) is 5.91 Å². The Labute approximate surface area is 148 Å². The van der Waals surface area contributed by atoms with Gasteiger partial charge in [-0.1, -0.05) is 17.7 Å². The molecule has 24 heavy (non-hydrogen) atoms. The monoisotopic (exact) mass is 349 g/mol. The smallest absolute Gasteiger partial charge is 0.241 e. The maximum absolute atomic E-state index is 12.8. The molecule has 1 aliphatic heterocycles. The summed E-state index contributed by atoms with van der Waals surface area (Å²) in [4.78, 5) is 16.5. The number of nitriles is 1. The number of carbonyl (C=O) groups is 1. The Bertz CT molecular complexity index is 600. The number of piperidine rings is 1. The van der Waals surface area contributed by atoms with Gasteiger partial charge in [0, 0.05) is 23.8 Å². The van der Waals surface area contributed by atoms with Crippen LogP contribution in [0.3, 0.4) is 0 Å². The average Bonchev–Trinajstić information content (AvgIpc) is 2.55. The van der Waals surface area contributed by atoms with Gasteiger partial charge in [-0.2, -0.15) is 5.26 Å². The van der Waals surface area contributed by atoms with Crippen LogP contribution in [-0.4, -0.2) is 48.2 Å². The molecule has 6 heteroatoms. The van der Waals surface area contributed by atoms with E-state index in [-0.39, 0.29) is 24.3 Å². The fourth-order valence-electron chi connectivity index (χ4n) is 3.11. The fourth-order valence-corrected chi connectivity index (χ4v) is 3.29. The van der Waals surface area contributed by atoms with Crippen molar-refractivity contribution in [2.45, 2.75) is 32.3 Å². The lowest BCUT2D eigenvalue weighted by Crippen LogP contribution is -2.46. The lowest BCUT2D eigenvalue weighted by atomic mass is 9.93. The molecule has 0 aromatic heterocycles. The summed E-state index contributed by atoms with van der Waals surface area (Å²) in [6.45, 7) is 4.04. The van der Waals surface area contributed by atoms with Crippen LogP contribution in [-0.2, 0) is 4.79 Å². The molecule has 1 aromatic rings. The van der Waals surface area contributed by atoms with Crippen molar-refractivity contribution in [3.8, 4) is 6.07 Å². The van der Waals surface area contributed by atoms with Crippen LogP contribution in [0.5, 0.6) is 0 Å². The van der Waals surface area contributed by atoms with E-state index < -0.39 is 0 Å². The van der Waals surface area contributed by atoms with Gasteiger partial charge in [0.15, 0.2) is 0 Å². The van der Waals surface area contributed by atoms with Gasteiger partial charge in [-0.25, -0.2) is 0 Å². The Hall–Kier alpha value is -1.61. The molecular formula is C18H24ClN3O2. The van der Waals surface area contributed by atoms with E-state index in [0.29, 0.717) is 23.8 Å². The molecule has 1 amide bonds. The summed E-state index contributed by atoms with van der Waals surface area (Å²) in [6, 6.07) is 9.22. The zero-order valence-corrected chi connectivity index (χ0v) is 14.7. The molecule has 1 fully saturated rings. The van der Waals surface area contributed by atoms with Crippen LogP contribution in [0.25, 0.3) is 0 Å². The zero-order chi connectivity index (χ0) is 17.5. The van der Waals surface area contributed by atoms with Gasteiger partial charge in [0.05, 0.1) is 25.1 Å². The highest BCUT2D eigenvalue weighted by Gasteiger charge is 2.26. The van der Waals surface area contributed by atoms with Gasteiger partial charge < -0.3 is 10.0 Å². The van der Waals surface area contributed by atoms with E-state index in [1.807, 2.05) is 6.07 Å². The van der Waals surface area contributed by atoms with Crippen molar-refractivity contribution in [3.05, 3.63) is 29.3 Å². The van der Waals surface area contributed by atoms with Crippen molar-refractivity contribution in [1.82, 2.24) is 4.90 Å². The Balaban J connectivity index is 2.06. The second-order valence-corrected chi connectivity index (χ2v) is 6.75. The average molecular weight is 350 g/mol. The number of likely N-dealkylation sites (tertiary alicyclic amines) is 1. The third-order valence-electron chi connectivity index (χ3n) is 4.45. The van der Waals surface area contributed by atoms with Crippen molar-refractivity contribution in [1.29, 1.82) is 5.26 Å². The SMILES string of the molecule is CC(O)C1CCCN(CC(=O)N(CCC#N)c2cccc(Cl)c2)C1. The van der Waals surface area contributed by atoms with Crippen LogP contribution < -0.4 is 4.90 Å². The molecule has 1 N–H and O–H groups in total. The van der Waals surface area contributed by atoms with Crippen LogP contribution in [0.4, 0.5) is 5.69 Å². The Kier molecular flexibility index (Phi) is 7.04.